The Hall–Kier alpha value is -7.36. The van der Waals surface area contributed by atoms with Crippen molar-refractivity contribution in [1.29, 1.82) is 0 Å². The highest BCUT2D eigenvalue weighted by Gasteiger charge is 2.19. The molecule has 12 aromatic rings. The van der Waals surface area contributed by atoms with Crippen LogP contribution in [0.2, 0.25) is 0 Å². The third-order valence-corrected chi connectivity index (χ3v) is 11.5. The van der Waals surface area contributed by atoms with Gasteiger partial charge in [-0.15, -0.1) is 0 Å². The van der Waals surface area contributed by atoms with Crippen molar-refractivity contribution in [3.05, 3.63) is 194 Å². The lowest BCUT2D eigenvalue weighted by Gasteiger charge is -2.11. The molecule has 0 unspecified atom stereocenters. The summed E-state index contributed by atoms with van der Waals surface area (Å²) >= 11 is 0. The van der Waals surface area contributed by atoms with Gasteiger partial charge in [-0.25, -0.2) is 0 Å². The van der Waals surface area contributed by atoms with Gasteiger partial charge in [0.05, 0.1) is 27.8 Å². The zero-order valence-corrected chi connectivity index (χ0v) is 29.8. The third kappa shape index (κ3) is 4.50. The van der Waals surface area contributed by atoms with Crippen LogP contribution < -0.4 is 0 Å². The van der Waals surface area contributed by atoms with E-state index in [0.717, 1.165) is 44.3 Å². The van der Waals surface area contributed by atoms with E-state index in [1.807, 2.05) is 6.07 Å². The van der Waals surface area contributed by atoms with Gasteiger partial charge < -0.3 is 13.6 Å². The van der Waals surface area contributed by atoms with Crippen molar-refractivity contribution in [3.8, 4) is 33.6 Å². The standard InChI is InChI=1S/C52H32N2O/c1-2-11-35-30-36(21-20-33(35)10-1)34-22-26-39(27-23-34)53-46-16-6-3-12-40(46)44-31-37(24-28-48(44)53)38-25-29-49-45(32-38)41-13-4-7-17-47(41)54(49)50-18-9-15-43-42-14-5-8-19-51(42)55-52(43)50/h1-32H. The summed E-state index contributed by atoms with van der Waals surface area (Å²) in [4.78, 5) is 0. The number of para-hydroxylation sites is 4. The van der Waals surface area contributed by atoms with Crippen LogP contribution in [0.3, 0.4) is 0 Å². The number of nitrogens with zero attached hydrogens (tertiary/aromatic N) is 2. The molecule has 55 heavy (non-hydrogen) atoms. The van der Waals surface area contributed by atoms with E-state index in [4.69, 9.17) is 4.42 Å². The van der Waals surface area contributed by atoms with E-state index in [9.17, 15) is 0 Å². The summed E-state index contributed by atoms with van der Waals surface area (Å²) in [6.45, 7) is 0. The van der Waals surface area contributed by atoms with Crippen molar-refractivity contribution in [2.45, 2.75) is 0 Å². The molecule has 0 radical (unpaired) electrons. The molecule has 0 fully saturated rings. The molecule has 0 N–H and O–H groups in total. The van der Waals surface area contributed by atoms with Crippen LogP contribution in [0, 0.1) is 0 Å². The van der Waals surface area contributed by atoms with E-state index in [-0.39, 0.29) is 0 Å². The molecule has 12 rings (SSSR count). The summed E-state index contributed by atoms with van der Waals surface area (Å²) in [7, 11) is 0. The highest BCUT2D eigenvalue weighted by Crippen LogP contribution is 2.41. The van der Waals surface area contributed by atoms with Crippen molar-refractivity contribution in [2.24, 2.45) is 0 Å². The number of benzene rings is 9. The zero-order chi connectivity index (χ0) is 36.0. The summed E-state index contributed by atoms with van der Waals surface area (Å²) in [5.74, 6) is 0. The molecule has 256 valence electrons. The molecule has 0 saturated carbocycles. The lowest BCUT2D eigenvalue weighted by Crippen LogP contribution is -1.94. The van der Waals surface area contributed by atoms with Gasteiger partial charge in [-0.05, 0) is 99.8 Å². The van der Waals surface area contributed by atoms with E-state index in [2.05, 4.69) is 197 Å². The summed E-state index contributed by atoms with van der Waals surface area (Å²) in [6, 6.07) is 70.3. The minimum Gasteiger partial charge on any atom is -0.454 e. The quantitative estimate of drug-likeness (QED) is 0.179. The smallest absolute Gasteiger partial charge is 0.159 e. The zero-order valence-electron chi connectivity index (χ0n) is 29.8. The maximum Gasteiger partial charge on any atom is 0.159 e. The van der Waals surface area contributed by atoms with Gasteiger partial charge >= 0.3 is 0 Å². The molecule has 0 bridgehead atoms. The molecule has 0 amide bonds. The molecule has 0 atom stereocenters. The predicted molar refractivity (Wildman–Crippen MR) is 231 cm³/mol. The van der Waals surface area contributed by atoms with Crippen molar-refractivity contribution in [2.75, 3.05) is 0 Å². The van der Waals surface area contributed by atoms with Gasteiger partial charge in [0.2, 0.25) is 0 Å². The maximum atomic E-state index is 6.53. The van der Waals surface area contributed by atoms with Gasteiger partial charge in [0.25, 0.3) is 0 Å². The molecule has 0 aliphatic rings. The number of hydrogen-bond donors (Lipinski definition) is 0. The van der Waals surface area contributed by atoms with Gasteiger partial charge in [0.1, 0.15) is 5.58 Å². The Balaban J connectivity index is 0.986. The summed E-state index contributed by atoms with van der Waals surface area (Å²) < 4.78 is 11.3. The maximum absolute atomic E-state index is 6.53. The van der Waals surface area contributed by atoms with Crippen molar-refractivity contribution in [3.63, 3.8) is 0 Å². The lowest BCUT2D eigenvalue weighted by molar-refractivity contribution is 0.666. The van der Waals surface area contributed by atoms with Gasteiger partial charge in [-0.2, -0.15) is 0 Å². The Morgan fingerprint density at radius 1 is 0.309 bits per heavy atom. The van der Waals surface area contributed by atoms with Crippen molar-refractivity contribution < 1.29 is 4.42 Å². The highest BCUT2D eigenvalue weighted by molar-refractivity contribution is 6.14. The fourth-order valence-corrected chi connectivity index (χ4v) is 8.92. The Morgan fingerprint density at radius 2 is 0.836 bits per heavy atom. The Labute approximate surface area is 316 Å². The molecule has 9 aromatic carbocycles. The average Bonchev–Trinajstić information content (AvgIpc) is 3.91. The van der Waals surface area contributed by atoms with Gasteiger partial charge in [0.15, 0.2) is 5.58 Å². The molecule has 3 heterocycles. The molecule has 3 heteroatoms. The topological polar surface area (TPSA) is 23.0 Å². The number of fused-ring (bicyclic) bond motifs is 10. The summed E-state index contributed by atoms with van der Waals surface area (Å²) in [6.07, 6.45) is 0. The van der Waals surface area contributed by atoms with Crippen LogP contribution in [0.5, 0.6) is 0 Å². The number of rotatable bonds is 4. The van der Waals surface area contributed by atoms with Gasteiger partial charge in [0, 0.05) is 38.0 Å². The van der Waals surface area contributed by atoms with Crippen LogP contribution in [0.1, 0.15) is 0 Å². The predicted octanol–water partition coefficient (Wildman–Crippen LogP) is 14.3. The molecule has 0 aliphatic carbocycles. The molecule has 0 spiro atoms. The van der Waals surface area contributed by atoms with Crippen molar-refractivity contribution in [1.82, 2.24) is 9.13 Å². The number of aromatic nitrogens is 2. The Morgan fingerprint density at radius 3 is 1.58 bits per heavy atom. The van der Waals surface area contributed by atoms with Crippen LogP contribution in [0.4, 0.5) is 0 Å². The van der Waals surface area contributed by atoms with E-state index in [1.165, 1.54) is 65.6 Å². The first-order valence-corrected chi connectivity index (χ1v) is 18.8. The molecular formula is C52H32N2O. The van der Waals surface area contributed by atoms with Gasteiger partial charge in [-0.1, -0.05) is 127 Å². The third-order valence-electron chi connectivity index (χ3n) is 11.5. The fourth-order valence-electron chi connectivity index (χ4n) is 8.92. The molecular weight excluding hydrogens is 669 g/mol. The SMILES string of the molecule is c1ccc2cc(-c3ccc(-n4c5ccccc5c5cc(-c6ccc7c(c6)c6ccccc6n7-c6cccc7c6oc6ccccc67)ccc54)cc3)ccc2c1. The Kier molecular flexibility index (Phi) is 6.34. The second kappa shape index (κ2) is 11.6. The van der Waals surface area contributed by atoms with E-state index in [0.29, 0.717) is 0 Å². The van der Waals surface area contributed by atoms with E-state index >= 15 is 0 Å². The normalized spacial score (nSPS) is 12.0. The van der Waals surface area contributed by atoms with Crippen LogP contribution in [-0.4, -0.2) is 9.13 Å². The Bertz CT molecular complexity index is 3490. The molecule has 0 saturated heterocycles. The monoisotopic (exact) mass is 700 g/mol. The van der Waals surface area contributed by atoms with Crippen LogP contribution in [0.15, 0.2) is 199 Å². The molecule has 0 aliphatic heterocycles. The first kappa shape index (κ1) is 30.1. The highest BCUT2D eigenvalue weighted by atomic mass is 16.3. The van der Waals surface area contributed by atoms with Gasteiger partial charge in [-0.3, -0.25) is 0 Å². The number of hydrogen-bond acceptors (Lipinski definition) is 1. The fraction of sp³-hybridized carbons (Fsp3) is 0. The van der Waals surface area contributed by atoms with Crippen LogP contribution >= 0.6 is 0 Å². The summed E-state index contributed by atoms with van der Waals surface area (Å²) in [5.41, 5.74) is 13.5. The van der Waals surface area contributed by atoms with Crippen LogP contribution in [-0.2, 0) is 0 Å². The molecule has 3 nitrogen and oxygen atoms in total. The van der Waals surface area contributed by atoms with E-state index < -0.39 is 0 Å². The van der Waals surface area contributed by atoms with E-state index in [1.54, 1.807) is 0 Å². The van der Waals surface area contributed by atoms with Crippen molar-refractivity contribution >= 4 is 76.3 Å². The second-order valence-electron chi connectivity index (χ2n) is 14.5. The van der Waals surface area contributed by atoms with Crippen LogP contribution in [0.25, 0.3) is 110 Å². The minimum atomic E-state index is 0.903. The number of furan rings is 1. The molecule has 3 aromatic heterocycles. The first-order valence-electron chi connectivity index (χ1n) is 18.8. The second-order valence-corrected chi connectivity index (χ2v) is 14.5. The first-order chi connectivity index (χ1) is 27.3. The lowest BCUT2D eigenvalue weighted by atomic mass is 10.0. The summed E-state index contributed by atoms with van der Waals surface area (Å²) in [5, 5.41) is 9.71. The average molecular weight is 701 g/mol. The largest absolute Gasteiger partial charge is 0.454 e. The minimum absolute atomic E-state index is 0.903.